The lowest BCUT2D eigenvalue weighted by molar-refractivity contribution is -0.208. The highest BCUT2D eigenvalue weighted by Gasteiger charge is 2.74. The van der Waals surface area contributed by atoms with Gasteiger partial charge in [0.2, 0.25) is 0 Å². The first-order valence-corrected chi connectivity index (χ1v) is 15.7. The number of hydrogen-bond donors (Lipinski definition) is 2. The number of carbonyl (C=O) groups is 2. The maximum Gasteiger partial charge on any atom is 0.324 e. The van der Waals surface area contributed by atoms with E-state index in [1.54, 1.807) is 6.07 Å². The second-order valence-corrected chi connectivity index (χ2v) is 15.1. The molecule has 2 N–H and O–H groups in total. The fourth-order valence-electron chi connectivity index (χ4n) is 8.43. The fraction of sp³-hybridized carbons (Fsp3) is 0.758. The molecule has 6 atom stereocenters. The van der Waals surface area contributed by atoms with Crippen molar-refractivity contribution >= 4 is 11.9 Å². The van der Waals surface area contributed by atoms with E-state index in [0.717, 1.165) is 43.8 Å². The number of phenols is 1. The number of rotatable bonds is 8. The number of nitrogens with one attached hydrogen (secondary N) is 1. The number of aromatic hydroxyl groups is 1. The number of ether oxygens (including phenoxy) is 4. The molecule has 3 fully saturated rings. The second-order valence-electron chi connectivity index (χ2n) is 15.1. The zero-order valence-corrected chi connectivity index (χ0v) is 26.2. The summed E-state index contributed by atoms with van der Waals surface area (Å²) in [5.74, 6) is 0.489. The lowest BCUT2D eigenvalue weighted by Gasteiger charge is -2.65. The van der Waals surface area contributed by atoms with Crippen molar-refractivity contribution in [1.82, 2.24) is 10.2 Å². The van der Waals surface area contributed by atoms with Gasteiger partial charge >= 0.3 is 11.9 Å². The minimum Gasteiger partial charge on any atom is -0.504 e. The average molecular weight is 585 g/mol. The molecule has 1 aromatic rings. The van der Waals surface area contributed by atoms with E-state index in [0.29, 0.717) is 12.2 Å². The summed E-state index contributed by atoms with van der Waals surface area (Å²) < 4.78 is 24.8. The largest absolute Gasteiger partial charge is 0.504 e. The van der Waals surface area contributed by atoms with Crippen molar-refractivity contribution in [2.75, 3.05) is 20.2 Å². The fourth-order valence-corrected chi connectivity index (χ4v) is 8.43. The van der Waals surface area contributed by atoms with Crippen molar-refractivity contribution in [1.29, 1.82) is 0 Å². The Morgan fingerprint density at radius 3 is 2.45 bits per heavy atom. The Kier molecular flexibility index (Phi) is 7.14. The number of nitrogens with zero attached hydrogens (tertiary/aromatic N) is 1. The summed E-state index contributed by atoms with van der Waals surface area (Å²) >= 11 is 0. The topological polar surface area (TPSA) is 107 Å². The van der Waals surface area contributed by atoms with Crippen LogP contribution >= 0.6 is 0 Å². The third-order valence-corrected chi connectivity index (χ3v) is 9.98. The van der Waals surface area contributed by atoms with Crippen molar-refractivity contribution in [3.63, 3.8) is 0 Å². The SMILES string of the molecule is CO[C@@]12CC[C@@H](N[C@@H](CC(=O)OC(C)(C)C)C(=O)OC(C)(C)C)[C@@H]3Oc4c(O)ccc5c4[C@@]31CCN(CC1CC1)[C@@H]2C5. The molecule has 9 heteroatoms. The maximum absolute atomic E-state index is 13.5. The van der Waals surface area contributed by atoms with E-state index in [2.05, 4.69) is 16.3 Å². The first-order valence-electron chi connectivity index (χ1n) is 15.7. The molecule has 6 rings (SSSR count). The van der Waals surface area contributed by atoms with Gasteiger partial charge in [0.05, 0.1) is 17.4 Å². The Balaban J connectivity index is 1.36. The number of hydrogen-bond acceptors (Lipinski definition) is 9. The van der Waals surface area contributed by atoms with Crippen molar-refractivity contribution in [3.8, 4) is 11.5 Å². The van der Waals surface area contributed by atoms with Crippen molar-refractivity contribution in [2.45, 2.75) is 133 Å². The Labute approximate surface area is 249 Å². The molecule has 2 aliphatic heterocycles. The molecular weight excluding hydrogens is 536 g/mol. The third-order valence-electron chi connectivity index (χ3n) is 9.98. The van der Waals surface area contributed by atoms with Crippen molar-refractivity contribution in [3.05, 3.63) is 23.3 Å². The number of piperidine rings is 1. The molecule has 2 bridgehead atoms. The number of phenolic OH excluding ortho intramolecular Hbond substituents is 1. The van der Waals surface area contributed by atoms with E-state index in [4.69, 9.17) is 18.9 Å². The molecule has 2 heterocycles. The molecule has 0 aromatic heterocycles. The van der Waals surface area contributed by atoms with Crippen LogP contribution in [0, 0.1) is 5.92 Å². The second kappa shape index (κ2) is 10.1. The predicted molar refractivity (Wildman–Crippen MR) is 157 cm³/mol. The van der Waals surface area contributed by atoms with Gasteiger partial charge in [-0.2, -0.15) is 0 Å². The van der Waals surface area contributed by atoms with Gasteiger partial charge in [0.25, 0.3) is 0 Å². The average Bonchev–Trinajstić information content (AvgIpc) is 3.62. The van der Waals surface area contributed by atoms with E-state index in [9.17, 15) is 14.7 Å². The van der Waals surface area contributed by atoms with Gasteiger partial charge < -0.3 is 24.1 Å². The summed E-state index contributed by atoms with van der Waals surface area (Å²) in [6.45, 7) is 12.9. The normalized spacial score (nSPS) is 32.5. The van der Waals surface area contributed by atoms with E-state index in [1.165, 1.54) is 18.4 Å². The first-order chi connectivity index (χ1) is 19.7. The molecular formula is C33H48N2O7. The third kappa shape index (κ3) is 4.89. The predicted octanol–water partition coefficient (Wildman–Crippen LogP) is 4.01. The van der Waals surface area contributed by atoms with E-state index < -0.39 is 40.2 Å². The number of methoxy groups -OCH3 is 1. The molecule has 5 aliphatic rings. The van der Waals surface area contributed by atoms with Gasteiger partial charge in [0.15, 0.2) is 11.5 Å². The van der Waals surface area contributed by atoms with E-state index >= 15 is 0 Å². The van der Waals surface area contributed by atoms with Gasteiger partial charge in [0.1, 0.15) is 23.3 Å². The molecule has 0 amide bonds. The van der Waals surface area contributed by atoms with Gasteiger partial charge in [-0.25, -0.2) is 0 Å². The van der Waals surface area contributed by atoms with Crippen molar-refractivity contribution < 1.29 is 33.6 Å². The summed E-state index contributed by atoms with van der Waals surface area (Å²) in [7, 11) is 1.83. The smallest absolute Gasteiger partial charge is 0.324 e. The summed E-state index contributed by atoms with van der Waals surface area (Å²) in [6.07, 6.45) is 5.20. The number of esters is 2. The van der Waals surface area contributed by atoms with E-state index in [-0.39, 0.29) is 30.4 Å². The molecule has 0 radical (unpaired) electrons. The van der Waals surface area contributed by atoms with Gasteiger partial charge in [0, 0.05) is 31.3 Å². The molecule has 1 spiro atoms. The van der Waals surface area contributed by atoms with E-state index in [1.807, 2.05) is 48.7 Å². The van der Waals surface area contributed by atoms with Gasteiger partial charge in [-0.05, 0) is 104 Å². The van der Waals surface area contributed by atoms with Gasteiger partial charge in [-0.3, -0.25) is 19.8 Å². The van der Waals surface area contributed by atoms with Crippen LogP contribution in [0.5, 0.6) is 11.5 Å². The highest BCUT2D eigenvalue weighted by Crippen LogP contribution is 2.66. The number of benzene rings is 1. The van der Waals surface area contributed by atoms with Crippen LogP contribution in [0.1, 0.15) is 91.2 Å². The monoisotopic (exact) mass is 584 g/mol. The van der Waals surface area contributed by atoms with Crippen molar-refractivity contribution in [2.24, 2.45) is 5.92 Å². The van der Waals surface area contributed by atoms with Gasteiger partial charge in [-0.1, -0.05) is 6.07 Å². The summed E-state index contributed by atoms with van der Waals surface area (Å²) in [5.41, 5.74) is -0.0817. The zero-order valence-electron chi connectivity index (χ0n) is 26.2. The molecule has 1 saturated heterocycles. The quantitative estimate of drug-likeness (QED) is 0.439. The molecule has 9 nitrogen and oxygen atoms in total. The highest BCUT2D eigenvalue weighted by molar-refractivity contribution is 5.83. The van der Waals surface area contributed by atoms with Gasteiger partial charge in [-0.15, -0.1) is 0 Å². The minimum absolute atomic E-state index is 0.137. The summed E-state index contributed by atoms with van der Waals surface area (Å²) in [4.78, 5) is 29.1. The molecule has 232 valence electrons. The Morgan fingerprint density at radius 1 is 1.10 bits per heavy atom. The Morgan fingerprint density at radius 2 is 1.81 bits per heavy atom. The Bertz CT molecular complexity index is 1250. The van der Waals surface area contributed by atoms with Crippen LogP contribution in [0.4, 0.5) is 0 Å². The van der Waals surface area contributed by atoms with Crippen LogP contribution in [0.3, 0.4) is 0 Å². The highest BCUT2D eigenvalue weighted by atomic mass is 16.6. The van der Waals surface area contributed by atoms with Crippen LogP contribution in [0.15, 0.2) is 12.1 Å². The standard InChI is InChI=1S/C33H48N2O7/c1-30(2,3)41-25(37)17-22(29(38)42-31(4,5)6)34-21-12-13-33(39-7)24-16-20-10-11-23(36)27-26(20)32(33,28(21)40-27)14-15-35(24)18-19-8-9-19/h10-11,19,21-22,24,28,34,36H,8-9,12-18H2,1-7H3/t21-,22+,24-,28+,32+,33-/m1/s1. The minimum atomic E-state index is -0.912. The van der Waals surface area contributed by atoms with Crippen LogP contribution < -0.4 is 10.1 Å². The lowest BCUT2D eigenvalue weighted by Crippen LogP contribution is -2.79. The molecule has 42 heavy (non-hydrogen) atoms. The maximum atomic E-state index is 13.5. The number of likely N-dealkylation sites (tertiary alicyclic amines) is 1. The molecule has 2 saturated carbocycles. The summed E-state index contributed by atoms with van der Waals surface area (Å²) in [5, 5.41) is 14.5. The zero-order chi connectivity index (χ0) is 30.2. The van der Waals surface area contributed by atoms with Crippen LogP contribution in [0.25, 0.3) is 0 Å². The number of carbonyl (C=O) groups excluding carboxylic acids is 2. The van der Waals surface area contributed by atoms with Crippen LogP contribution in [0.2, 0.25) is 0 Å². The lowest BCUT2D eigenvalue weighted by atomic mass is 9.48. The molecule has 1 aromatic carbocycles. The Hall–Kier alpha value is -2.36. The summed E-state index contributed by atoms with van der Waals surface area (Å²) in [6, 6.07) is 2.82. The first kappa shape index (κ1) is 29.7. The van der Waals surface area contributed by atoms with Crippen LogP contribution in [-0.2, 0) is 35.6 Å². The molecule has 3 aliphatic carbocycles. The molecule has 0 unspecified atom stereocenters. The van der Waals surface area contributed by atoms with Crippen LogP contribution in [-0.4, -0.2) is 83.2 Å².